The standard InChI is InChI=1S/C22H18ClN5O/c23-6-9-24-10-11-25-13-3-4-17-16(12-13)14-5-8-27-19-15-2-1-7-26-20(15)22(29)21(28-17)18(14)19/h1-5,7-8,12,24-25H,6,9-11H2. The van der Waals surface area contributed by atoms with Crippen LogP contribution in [0.25, 0.3) is 32.9 Å². The Labute approximate surface area is 172 Å². The lowest BCUT2D eigenvalue weighted by atomic mass is 9.90. The molecule has 0 spiro atoms. The van der Waals surface area contributed by atoms with Crippen LogP contribution in [-0.2, 0) is 0 Å². The van der Waals surface area contributed by atoms with Gasteiger partial charge in [0.15, 0.2) is 0 Å². The molecule has 0 amide bonds. The van der Waals surface area contributed by atoms with Crippen molar-refractivity contribution in [3.63, 3.8) is 0 Å². The van der Waals surface area contributed by atoms with Gasteiger partial charge in [-0.3, -0.25) is 14.8 Å². The summed E-state index contributed by atoms with van der Waals surface area (Å²) in [4.78, 5) is 26.6. The Morgan fingerprint density at radius 1 is 0.897 bits per heavy atom. The smallest absolute Gasteiger partial charge is 0.231 e. The van der Waals surface area contributed by atoms with E-state index in [1.165, 1.54) is 0 Å². The Bertz CT molecular complexity index is 1260. The van der Waals surface area contributed by atoms with E-state index >= 15 is 0 Å². The SMILES string of the molecule is O=C1c2ncccc2-c2nccc3c2c1nc1ccc(NCCNCCCl)cc13. The maximum atomic E-state index is 13.1. The van der Waals surface area contributed by atoms with E-state index in [-0.39, 0.29) is 5.78 Å². The molecule has 3 heterocycles. The molecular formula is C22H18ClN5O. The zero-order valence-corrected chi connectivity index (χ0v) is 16.3. The van der Waals surface area contributed by atoms with Gasteiger partial charge in [0.2, 0.25) is 5.78 Å². The second-order valence-corrected chi connectivity index (χ2v) is 7.25. The molecule has 0 unspecified atom stereocenters. The molecule has 0 saturated heterocycles. The maximum absolute atomic E-state index is 13.1. The van der Waals surface area contributed by atoms with E-state index in [9.17, 15) is 4.79 Å². The minimum Gasteiger partial charge on any atom is -0.384 e. The van der Waals surface area contributed by atoms with E-state index in [4.69, 9.17) is 16.6 Å². The van der Waals surface area contributed by atoms with Gasteiger partial charge in [0.05, 0.1) is 11.2 Å². The zero-order chi connectivity index (χ0) is 19.8. The molecule has 0 bridgehead atoms. The highest BCUT2D eigenvalue weighted by Gasteiger charge is 2.29. The van der Waals surface area contributed by atoms with Crippen LogP contribution < -0.4 is 10.6 Å². The van der Waals surface area contributed by atoms with Crippen molar-refractivity contribution in [1.82, 2.24) is 20.3 Å². The largest absolute Gasteiger partial charge is 0.384 e. The molecule has 0 atom stereocenters. The molecule has 0 saturated carbocycles. The number of rotatable bonds is 6. The van der Waals surface area contributed by atoms with E-state index in [2.05, 4.69) is 26.7 Å². The van der Waals surface area contributed by atoms with Crippen LogP contribution in [0.15, 0.2) is 48.8 Å². The van der Waals surface area contributed by atoms with Gasteiger partial charge in [-0.1, -0.05) is 0 Å². The summed E-state index contributed by atoms with van der Waals surface area (Å²) >= 11 is 5.68. The first-order chi connectivity index (χ1) is 14.3. The highest BCUT2D eigenvalue weighted by Crippen LogP contribution is 2.39. The molecular weight excluding hydrogens is 386 g/mol. The zero-order valence-electron chi connectivity index (χ0n) is 15.6. The number of fused-ring (bicyclic) bond motifs is 4. The number of hydrogen-bond acceptors (Lipinski definition) is 6. The summed E-state index contributed by atoms with van der Waals surface area (Å²) in [5.74, 6) is 0.449. The number of anilines is 1. The van der Waals surface area contributed by atoms with Crippen molar-refractivity contribution in [2.24, 2.45) is 0 Å². The van der Waals surface area contributed by atoms with Gasteiger partial charge < -0.3 is 10.6 Å². The van der Waals surface area contributed by atoms with Crippen LogP contribution in [0.1, 0.15) is 16.2 Å². The molecule has 1 aliphatic carbocycles. The molecule has 5 rings (SSSR count). The van der Waals surface area contributed by atoms with E-state index in [1.54, 1.807) is 12.4 Å². The molecule has 6 nitrogen and oxygen atoms in total. The summed E-state index contributed by atoms with van der Waals surface area (Å²) in [6.07, 6.45) is 3.41. The molecule has 1 aromatic carbocycles. The number of benzene rings is 1. The van der Waals surface area contributed by atoms with E-state index in [0.717, 1.165) is 58.3 Å². The molecule has 29 heavy (non-hydrogen) atoms. The van der Waals surface area contributed by atoms with Gasteiger partial charge in [0, 0.05) is 59.9 Å². The predicted molar refractivity (Wildman–Crippen MR) is 116 cm³/mol. The number of halogens is 1. The van der Waals surface area contributed by atoms with Crippen LogP contribution in [0.3, 0.4) is 0 Å². The lowest BCUT2D eigenvalue weighted by molar-refractivity contribution is 0.103. The Kier molecular flexibility index (Phi) is 4.58. The number of nitrogens with zero attached hydrogens (tertiary/aromatic N) is 3. The van der Waals surface area contributed by atoms with Crippen LogP contribution in [0.5, 0.6) is 0 Å². The van der Waals surface area contributed by atoms with Gasteiger partial charge in [-0.2, -0.15) is 0 Å². The van der Waals surface area contributed by atoms with Crippen LogP contribution >= 0.6 is 11.6 Å². The van der Waals surface area contributed by atoms with Crippen LogP contribution in [0.4, 0.5) is 5.69 Å². The summed E-state index contributed by atoms with van der Waals surface area (Å²) in [6.45, 7) is 2.41. The average molecular weight is 404 g/mol. The lowest BCUT2D eigenvalue weighted by Gasteiger charge is -2.18. The number of carbonyl (C=O) groups excluding carboxylic acids is 1. The Hall–Kier alpha value is -3.09. The first-order valence-electron chi connectivity index (χ1n) is 9.51. The van der Waals surface area contributed by atoms with Gasteiger partial charge in [-0.05, 0) is 41.8 Å². The van der Waals surface area contributed by atoms with Gasteiger partial charge in [0.1, 0.15) is 11.4 Å². The number of pyridine rings is 3. The molecule has 0 radical (unpaired) electrons. The molecule has 0 aliphatic heterocycles. The summed E-state index contributed by atoms with van der Waals surface area (Å²) in [5.41, 5.74) is 4.14. The van der Waals surface area contributed by atoms with Gasteiger partial charge in [-0.15, -0.1) is 11.6 Å². The van der Waals surface area contributed by atoms with E-state index < -0.39 is 0 Å². The fourth-order valence-corrected chi connectivity index (χ4v) is 3.94. The second kappa shape index (κ2) is 7.39. The minimum absolute atomic E-state index is 0.152. The van der Waals surface area contributed by atoms with E-state index in [0.29, 0.717) is 17.3 Å². The first-order valence-corrected chi connectivity index (χ1v) is 10.0. The van der Waals surface area contributed by atoms with Crippen molar-refractivity contribution in [3.8, 4) is 11.3 Å². The third kappa shape index (κ3) is 3.01. The van der Waals surface area contributed by atoms with Crippen molar-refractivity contribution < 1.29 is 4.79 Å². The van der Waals surface area contributed by atoms with Gasteiger partial charge in [-0.25, -0.2) is 4.98 Å². The number of carbonyl (C=O) groups is 1. The number of ketones is 1. The molecule has 2 N–H and O–H groups in total. The number of aromatic nitrogens is 3. The Balaban J connectivity index is 1.63. The molecule has 3 aromatic heterocycles. The first kappa shape index (κ1) is 18.0. The summed E-state index contributed by atoms with van der Waals surface area (Å²) < 4.78 is 0. The number of alkyl halides is 1. The maximum Gasteiger partial charge on any atom is 0.231 e. The lowest BCUT2D eigenvalue weighted by Crippen LogP contribution is -2.23. The highest BCUT2D eigenvalue weighted by atomic mass is 35.5. The third-order valence-corrected chi connectivity index (χ3v) is 5.29. The van der Waals surface area contributed by atoms with Crippen molar-refractivity contribution in [2.75, 3.05) is 30.8 Å². The van der Waals surface area contributed by atoms with Gasteiger partial charge >= 0.3 is 0 Å². The van der Waals surface area contributed by atoms with Crippen LogP contribution in [0.2, 0.25) is 0 Å². The van der Waals surface area contributed by atoms with Crippen molar-refractivity contribution in [2.45, 2.75) is 0 Å². The van der Waals surface area contributed by atoms with Crippen LogP contribution in [0, 0.1) is 0 Å². The average Bonchev–Trinajstić information content (AvgIpc) is 2.77. The fraction of sp³-hybridized carbons (Fsp3) is 0.182. The van der Waals surface area contributed by atoms with Gasteiger partial charge in [0.25, 0.3) is 0 Å². The predicted octanol–water partition coefficient (Wildman–Crippen LogP) is 3.63. The Morgan fingerprint density at radius 3 is 2.69 bits per heavy atom. The number of nitrogens with one attached hydrogen (secondary N) is 2. The summed E-state index contributed by atoms with van der Waals surface area (Å²) in [6, 6.07) is 11.7. The number of hydrogen-bond donors (Lipinski definition) is 2. The Morgan fingerprint density at radius 2 is 1.79 bits per heavy atom. The molecule has 144 valence electrons. The monoisotopic (exact) mass is 403 g/mol. The van der Waals surface area contributed by atoms with Crippen LogP contribution in [-0.4, -0.2) is 46.2 Å². The molecule has 1 aliphatic rings. The van der Waals surface area contributed by atoms with Crippen molar-refractivity contribution in [3.05, 3.63) is 60.2 Å². The normalized spacial score (nSPS) is 12.4. The highest BCUT2D eigenvalue weighted by molar-refractivity contribution is 6.26. The molecule has 4 aromatic rings. The molecule has 7 heteroatoms. The second-order valence-electron chi connectivity index (χ2n) is 6.87. The third-order valence-electron chi connectivity index (χ3n) is 5.10. The quantitative estimate of drug-likeness (QED) is 0.256. The summed E-state index contributed by atoms with van der Waals surface area (Å²) in [5, 5.41) is 9.44. The molecule has 0 fully saturated rings. The fourth-order valence-electron chi connectivity index (χ4n) is 3.81. The van der Waals surface area contributed by atoms with Crippen molar-refractivity contribution >= 4 is 44.7 Å². The van der Waals surface area contributed by atoms with Crippen molar-refractivity contribution in [1.29, 1.82) is 0 Å². The minimum atomic E-state index is -0.152. The summed E-state index contributed by atoms with van der Waals surface area (Å²) in [7, 11) is 0. The topological polar surface area (TPSA) is 79.8 Å². The van der Waals surface area contributed by atoms with E-state index in [1.807, 2.05) is 30.3 Å².